The van der Waals surface area contributed by atoms with Gasteiger partial charge in [0, 0.05) is 31.5 Å². The minimum atomic E-state index is 0.0358. The molecule has 0 radical (unpaired) electrons. The molecule has 22 heavy (non-hydrogen) atoms. The summed E-state index contributed by atoms with van der Waals surface area (Å²) in [6.45, 7) is 5.65. The van der Waals surface area contributed by atoms with Gasteiger partial charge in [-0.15, -0.1) is 0 Å². The molecule has 1 saturated heterocycles. The molecule has 6 heteroatoms. The van der Waals surface area contributed by atoms with Crippen LogP contribution in [-0.4, -0.2) is 40.0 Å². The predicted molar refractivity (Wildman–Crippen MR) is 85.5 cm³/mol. The third kappa shape index (κ3) is 3.16. The number of carbonyl (C=O) groups is 1. The Kier molecular flexibility index (Phi) is 4.18. The Labute approximate surface area is 130 Å². The van der Waals surface area contributed by atoms with E-state index in [2.05, 4.69) is 25.2 Å². The average Bonchev–Trinajstić information content (AvgIpc) is 2.54. The lowest BCUT2D eigenvalue weighted by atomic mass is 9.96. The van der Waals surface area contributed by atoms with Crippen LogP contribution in [0.25, 0.3) is 11.2 Å². The quantitative estimate of drug-likeness (QED) is 0.935. The number of anilines is 1. The molecule has 116 valence electrons. The van der Waals surface area contributed by atoms with Crippen molar-refractivity contribution in [2.75, 3.05) is 18.0 Å². The fourth-order valence-electron chi connectivity index (χ4n) is 2.85. The number of nitrogens with zero attached hydrogens (tertiary/aromatic N) is 4. The standard InChI is InChI=1S/C16H21N5O/c1-11(2)20-16(22)12-4-3-7-21(10-12)13-8-14-15(19-9-13)18-6-5-17-14/h5-6,8-9,11-12H,3-4,7,10H2,1-2H3,(H,20,22)/t12-/m1/s1. The first kappa shape index (κ1) is 14.7. The van der Waals surface area contributed by atoms with Gasteiger partial charge in [-0.1, -0.05) is 0 Å². The molecule has 0 spiro atoms. The maximum Gasteiger partial charge on any atom is 0.225 e. The zero-order chi connectivity index (χ0) is 15.5. The molecule has 3 rings (SSSR count). The number of hydrogen-bond acceptors (Lipinski definition) is 5. The van der Waals surface area contributed by atoms with Gasteiger partial charge in [-0.25, -0.2) is 9.97 Å². The predicted octanol–water partition coefficient (Wildman–Crippen LogP) is 1.77. The number of rotatable bonds is 3. The van der Waals surface area contributed by atoms with Crippen molar-refractivity contribution in [3.05, 3.63) is 24.7 Å². The van der Waals surface area contributed by atoms with E-state index in [-0.39, 0.29) is 17.9 Å². The van der Waals surface area contributed by atoms with Crippen LogP contribution in [0.15, 0.2) is 24.7 Å². The number of piperidine rings is 1. The van der Waals surface area contributed by atoms with E-state index in [0.29, 0.717) is 5.65 Å². The number of pyridine rings is 1. The molecule has 1 atom stereocenters. The summed E-state index contributed by atoms with van der Waals surface area (Å²) in [5.74, 6) is 0.182. The van der Waals surface area contributed by atoms with Crippen LogP contribution in [0, 0.1) is 5.92 Å². The SMILES string of the molecule is CC(C)NC(=O)[C@@H]1CCCN(c2cnc3nccnc3c2)C1. The minimum Gasteiger partial charge on any atom is -0.369 e. The van der Waals surface area contributed by atoms with Crippen LogP contribution in [0.4, 0.5) is 5.69 Å². The molecule has 0 unspecified atom stereocenters. The summed E-state index contributed by atoms with van der Waals surface area (Å²) in [7, 11) is 0. The van der Waals surface area contributed by atoms with Gasteiger partial charge in [-0.05, 0) is 32.8 Å². The van der Waals surface area contributed by atoms with E-state index >= 15 is 0 Å². The summed E-state index contributed by atoms with van der Waals surface area (Å²) in [4.78, 5) is 27.3. The van der Waals surface area contributed by atoms with E-state index < -0.39 is 0 Å². The first-order chi connectivity index (χ1) is 10.6. The summed E-state index contributed by atoms with van der Waals surface area (Å²) >= 11 is 0. The molecule has 2 aromatic rings. The van der Waals surface area contributed by atoms with Crippen LogP contribution in [0.2, 0.25) is 0 Å². The molecule has 1 fully saturated rings. The molecule has 3 heterocycles. The molecule has 0 aromatic carbocycles. The fourth-order valence-corrected chi connectivity index (χ4v) is 2.85. The lowest BCUT2D eigenvalue weighted by Gasteiger charge is -2.33. The van der Waals surface area contributed by atoms with Crippen LogP contribution < -0.4 is 10.2 Å². The average molecular weight is 299 g/mol. The largest absolute Gasteiger partial charge is 0.369 e. The zero-order valence-electron chi connectivity index (χ0n) is 13.0. The van der Waals surface area contributed by atoms with Crippen LogP contribution in [-0.2, 0) is 4.79 Å². The number of carbonyl (C=O) groups excluding carboxylic acids is 1. The molecule has 1 amide bonds. The second kappa shape index (κ2) is 6.25. The van der Waals surface area contributed by atoms with Crippen molar-refractivity contribution in [3.8, 4) is 0 Å². The van der Waals surface area contributed by atoms with Crippen LogP contribution >= 0.6 is 0 Å². The second-order valence-electron chi connectivity index (χ2n) is 6.04. The Morgan fingerprint density at radius 3 is 2.95 bits per heavy atom. The van der Waals surface area contributed by atoms with E-state index in [1.807, 2.05) is 26.1 Å². The van der Waals surface area contributed by atoms with E-state index in [9.17, 15) is 4.79 Å². The molecule has 0 saturated carbocycles. The normalized spacial score (nSPS) is 18.7. The molecule has 1 aliphatic heterocycles. The highest BCUT2D eigenvalue weighted by molar-refractivity contribution is 5.80. The van der Waals surface area contributed by atoms with Crippen LogP contribution in [0.1, 0.15) is 26.7 Å². The highest BCUT2D eigenvalue weighted by Gasteiger charge is 2.26. The number of nitrogens with one attached hydrogen (secondary N) is 1. The zero-order valence-corrected chi connectivity index (χ0v) is 13.0. The van der Waals surface area contributed by atoms with Gasteiger partial charge in [0.2, 0.25) is 5.91 Å². The number of hydrogen-bond donors (Lipinski definition) is 1. The van der Waals surface area contributed by atoms with Gasteiger partial charge in [0.25, 0.3) is 0 Å². The number of aromatic nitrogens is 3. The van der Waals surface area contributed by atoms with Gasteiger partial charge in [-0.2, -0.15) is 0 Å². The number of amides is 1. The molecular weight excluding hydrogens is 278 g/mol. The third-order valence-corrected chi connectivity index (χ3v) is 3.90. The molecule has 6 nitrogen and oxygen atoms in total. The summed E-state index contributed by atoms with van der Waals surface area (Å²) in [5.41, 5.74) is 2.45. The van der Waals surface area contributed by atoms with Crippen molar-refractivity contribution in [2.45, 2.75) is 32.7 Å². The van der Waals surface area contributed by atoms with E-state index in [1.165, 1.54) is 0 Å². The number of fused-ring (bicyclic) bond motifs is 1. The first-order valence-corrected chi connectivity index (χ1v) is 7.75. The maximum atomic E-state index is 12.2. The van der Waals surface area contributed by atoms with Crippen molar-refractivity contribution in [1.29, 1.82) is 0 Å². The maximum absolute atomic E-state index is 12.2. The Hall–Kier alpha value is -2.24. The van der Waals surface area contributed by atoms with Gasteiger partial charge >= 0.3 is 0 Å². The highest BCUT2D eigenvalue weighted by Crippen LogP contribution is 2.24. The Bertz CT molecular complexity index is 672. The summed E-state index contributed by atoms with van der Waals surface area (Å²) in [5, 5.41) is 3.01. The Morgan fingerprint density at radius 2 is 2.14 bits per heavy atom. The van der Waals surface area contributed by atoms with Gasteiger partial charge in [-0.3, -0.25) is 9.78 Å². The van der Waals surface area contributed by atoms with Crippen molar-refractivity contribution in [2.24, 2.45) is 5.92 Å². The summed E-state index contributed by atoms with van der Waals surface area (Å²) < 4.78 is 0. The van der Waals surface area contributed by atoms with Gasteiger partial charge < -0.3 is 10.2 Å². The topological polar surface area (TPSA) is 71.0 Å². The van der Waals surface area contributed by atoms with Crippen molar-refractivity contribution in [3.63, 3.8) is 0 Å². The lowest BCUT2D eigenvalue weighted by Crippen LogP contribution is -2.44. The second-order valence-corrected chi connectivity index (χ2v) is 6.04. The Morgan fingerprint density at radius 1 is 1.32 bits per heavy atom. The smallest absolute Gasteiger partial charge is 0.225 e. The van der Waals surface area contributed by atoms with E-state index in [1.54, 1.807) is 12.4 Å². The monoisotopic (exact) mass is 299 g/mol. The summed E-state index contributed by atoms with van der Waals surface area (Å²) in [6.07, 6.45) is 7.08. The van der Waals surface area contributed by atoms with E-state index in [0.717, 1.165) is 37.1 Å². The molecule has 1 aliphatic rings. The van der Waals surface area contributed by atoms with Crippen LogP contribution in [0.3, 0.4) is 0 Å². The van der Waals surface area contributed by atoms with Gasteiger partial charge in [0.15, 0.2) is 5.65 Å². The van der Waals surface area contributed by atoms with Gasteiger partial charge in [0.1, 0.15) is 5.52 Å². The molecule has 0 bridgehead atoms. The molecule has 1 N–H and O–H groups in total. The fraction of sp³-hybridized carbons (Fsp3) is 0.500. The molecule has 0 aliphatic carbocycles. The minimum absolute atomic E-state index is 0.0358. The third-order valence-electron chi connectivity index (χ3n) is 3.90. The van der Waals surface area contributed by atoms with E-state index in [4.69, 9.17) is 0 Å². The molecule has 2 aromatic heterocycles. The van der Waals surface area contributed by atoms with Crippen molar-refractivity contribution >= 4 is 22.8 Å². The summed E-state index contributed by atoms with van der Waals surface area (Å²) in [6, 6.07) is 2.18. The highest BCUT2D eigenvalue weighted by atomic mass is 16.2. The Balaban J connectivity index is 1.76. The van der Waals surface area contributed by atoms with Crippen molar-refractivity contribution in [1.82, 2.24) is 20.3 Å². The lowest BCUT2D eigenvalue weighted by molar-refractivity contribution is -0.125. The molecular formula is C16H21N5O. The van der Waals surface area contributed by atoms with Gasteiger partial charge in [0.05, 0.1) is 17.8 Å². The first-order valence-electron chi connectivity index (χ1n) is 7.75. The van der Waals surface area contributed by atoms with Crippen LogP contribution in [0.5, 0.6) is 0 Å². The van der Waals surface area contributed by atoms with Crippen molar-refractivity contribution < 1.29 is 4.79 Å².